The summed E-state index contributed by atoms with van der Waals surface area (Å²) in [7, 11) is -1.84. The second-order valence-corrected chi connectivity index (χ2v) is 5.62. The zero-order chi connectivity index (χ0) is 13.9. The zero-order valence-electron chi connectivity index (χ0n) is 10.4. The third-order valence-corrected chi connectivity index (χ3v) is 3.13. The Balaban J connectivity index is 2.04. The molecule has 2 aromatic heterocycles. The van der Waals surface area contributed by atoms with E-state index in [1.54, 1.807) is 6.20 Å². The zero-order valence-corrected chi connectivity index (χ0v) is 11.3. The molecule has 0 spiro atoms. The molecule has 19 heavy (non-hydrogen) atoms. The molecule has 2 aromatic rings. The van der Waals surface area contributed by atoms with Gasteiger partial charge in [-0.1, -0.05) is 0 Å². The molecule has 0 aliphatic carbocycles. The van der Waals surface area contributed by atoms with E-state index in [0.29, 0.717) is 18.2 Å². The lowest BCUT2D eigenvalue weighted by Crippen LogP contribution is -2.10. The van der Waals surface area contributed by atoms with Crippen molar-refractivity contribution in [1.82, 2.24) is 19.2 Å². The van der Waals surface area contributed by atoms with Crippen molar-refractivity contribution in [2.45, 2.75) is 6.54 Å². The molecule has 9 heteroatoms. The monoisotopic (exact) mass is 283 g/mol. The van der Waals surface area contributed by atoms with Crippen LogP contribution in [0, 0.1) is 0 Å². The highest BCUT2D eigenvalue weighted by molar-refractivity contribution is 7.89. The molecule has 2 heterocycles. The molecule has 0 fully saturated rings. The quantitative estimate of drug-likeness (QED) is 0.830. The Morgan fingerprint density at radius 3 is 2.79 bits per heavy atom. The predicted molar refractivity (Wildman–Crippen MR) is 68.4 cm³/mol. The predicted octanol–water partition coefficient (Wildman–Crippen LogP) is 0.101. The molecule has 0 unspecified atom stereocenters. The molecule has 0 amide bonds. The molecule has 0 atom stereocenters. The van der Waals surface area contributed by atoms with Crippen LogP contribution in [0.5, 0.6) is 5.88 Å². The van der Waals surface area contributed by atoms with E-state index in [-0.39, 0.29) is 0 Å². The van der Waals surface area contributed by atoms with Crippen molar-refractivity contribution in [2.75, 3.05) is 18.7 Å². The van der Waals surface area contributed by atoms with Crippen LogP contribution in [0.2, 0.25) is 0 Å². The highest BCUT2D eigenvalue weighted by Crippen LogP contribution is 2.09. The van der Waals surface area contributed by atoms with E-state index >= 15 is 0 Å². The van der Waals surface area contributed by atoms with Gasteiger partial charge in [-0.15, -0.1) is 0 Å². The second-order valence-electron chi connectivity index (χ2n) is 3.78. The fourth-order valence-corrected chi connectivity index (χ4v) is 1.88. The van der Waals surface area contributed by atoms with Crippen LogP contribution in [-0.4, -0.2) is 40.9 Å². The summed E-state index contributed by atoms with van der Waals surface area (Å²) in [5, 5.41) is 6.76. The lowest BCUT2D eigenvalue weighted by atomic mass is 10.3. The number of hydrogen-bond donors (Lipinski definition) is 1. The topological polar surface area (TPSA) is 99.0 Å². The minimum atomic E-state index is -3.35. The summed E-state index contributed by atoms with van der Waals surface area (Å²) in [6.45, 7) is 0.386. The van der Waals surface area contributed by atoms with Crippen LogP contribution >= 0.6 is 0 Å². The highest BCUT2D eigenvalue weighted by Gasteiger charge is 2.07. The smallest absolute Gasteiger partial charge is 0.250 e. The summed E-state index contributed by atoms with van der Waals surface area (Å²) in [5.74, 6) is 0.934. The van der Waals surface area contributed by atoms with Gasteiger partial charge in [-0.3, -0.25) is 4.98 Å². The van der Waals surface area contributed by atoms with Gasteiger partial charge in [0.25, 0.3) is 10.0 Å². The van der Waals surface area contributed by atoms with Crippen LogP contribution in [0.15, 0.2) is 24.8 Å². The second kappa shape index (κ2) is 5.22. The van der Waals surface area contributed by atoms with Gasteiger partial charge >= 0.3 is 0 Å². The molecule has 1 N–H and O–H groups in total. The van der Waals surface area contributed by atoms with Crippen molar-refractivity contribution >= 4 is 15.8 Å². The van der Waals surface area contributed by atoms with E-state index in [2.05, 4.69) is 20.4 Å². The Labute approximate surface area is 110 Å². The average molecular weight is 283 g/mol. The molecule has 102 valence electrons. The molecule has 0 aliphatic rings. The largest absolute Gasteiger partial charge is 0.480 e. The van der Waals surface area contributed by atoms with Gasteiger partial charge in [0.1, 0.15) is 5.82 Å². The minimum absolute atomic E-state index is 0.386. The first-order valence-corrected chi connectivity index (χ1v) is 7.18. The van der Waals surface area contributed by atoms with Crippen LogP contribution in [0.25, 0.3) is 0 Å². The summed E-state index contributed by atoms with van der Waals surface area (Å²) >= 11 is 0. The molecule has 0 aromatic carbocycles. The molecule has 0 bridgehead atoms. The summed E-state index contributed by atoms with van der Waals surface area (Å²) < 4.78 is 28.4. The summed E-state index contributed by atoms with van der Waals surface area (Å²) in [5.41, 5.74) is 0.718. The number of methoxy groups -OCH3 is 1. The SMILES string of the molecule is COc1cncc(NCc2cnn(S(C)(=O)=O)c2)n1. The van der Waals surface area contributed by atoms with Gasteiger partial charge in [-0.25, -0.2) is 8.42 Å². The fourth-order valence-electron chi connectivity index (χ4n) is 1.34. The number of hydrogen-bond acceptors (Lipinski definition) is 7. The standard InChI is InChI=1S/C10H13N5O3S/c1-18-10-6-11-5-9(14-10)12-3-8-4-13-15(7-8)19(2,16)17/h4-7H,3H2,1-2H3,(H,12,14). The molecule has 0 saturated carbocycles. The lowest BCUT2D eigenvalue weighted by molar-refractivity contribution is 0.396. The Morgan fingerprint density at radius 2 is 2.16 bits per heavy atom. The molecular weight excluding hydrogens is 270 g/mol. The van der Waals surface area contributed by atoms with Gasteiger partial charge in [0.15, 0.2) is 0 Å². The third kappa shape index (κ3) is 3.41. The van der Waals surface area contributed by atoms with Gasteiger partial charge in [0.2, 0.25) is 5.88 Å². The van der Waals surface area contributed by atoms with Crippen molar-refractivity contribution < 1.29 is 13.2 Å². The maximum Gasteiger partial charge on any atom is 0.250 e. The van der Waals surface area contributed by atoms with Gasteiger partial charge in [0.05, 0.1) is 32.0 Å². The maximum atomic E-state index is 11.2. The van der Waals surface area contributed by atoms with E-state index in [1.807, 2.05) is 0 Å². The van der Waals surface area contributed by atoms with Crippen LogP contribution < -0.4 is 10.1 Å². The number of rotatable bonds is 5. The molecule has 2 rings (SSSR count). The van der Waals surface area contributed by atoms with Crippen LogP contribution in [0.4, 0.5) is 5.82 Å². The van der Waals surface area contributed by atoms with Crippen LogP contribution in [-0.2, 0) is 16.6 Å². The van der Waals surface area contributed by atoms with E-state index in [9.17, 15) is 8.42 Å². The number of aromatic nitrogens is 4. The Bertz CT molecular complexity index is 667. The highest BCUT2D eigenvalue weighted by atomic mass is 32.2. The first-order chi connectivity index (χ1) is 8.99. The van der Waals surface area contributed by atoms with Gasteiger partial charge in [-0.05, 0) is 0 Å². The van der Waals surface area contributed by atoms with Crippen molar-refractivity contribution in [3.63, 3.8) is 0 Å². The van der Waals surface area contributed by atoms with E-state index in [0.717, 1.165) is 15.9 Å². The molecule has 8 nitrogen and oxygen atoms in total. The minimum Gasteiger partial charge on any atom is -0.480 e. The number of nitrogens with zero attached hydrogens (tertiary/aromatic N) is 4. The summed E-state index contributed by atoms with van der Waals surface area (Å²) in [6, 6.07) is 0. The number of nitrogens with one attached hydrogen (secondary N) is 1. The average Bonchev–Trinajstić information content (AvgIpc) is 2.85. The first kappa shape index (κ1) is 13.3. The Morgan fingerprint density at radius 1 is 1.37 bits per heavy atom. The van der Waals surface area contributed by atoms with Crippen LogP contribution in [0.3, 0.4) is 0 Å². The maximum absolute atomic E-state index is 11.2. The summed E-state index contributed by atoms with van der Waals surface area (Å²) in [6.07, 6.45) is 7.04. The van der Waals surface area contributed by atoms with E-state index < -0.39 is 10.0 Å². The van der Waals surface area contributed by atoms with Crippen molar-refractivity contribution in [2.24, 2.45) is 0 Å². The van der Waals surface area contributed by atoms with Crippen molar-refractivity contribution in [3.05, 3.63) is 30.4 Å². The number of ether oxygens (including phenoxy) is 1. The Kier molecular flexibility index (Phi) is 3.65. The molecular formula is C10H13N5O3S. The normalized spacial score (nSPS) is 11.3. The molecule has 0 saturated heterocycles. The van der Waals surface area contributed by atoms with E-state index in [4.69, 9.17) is 4.74 Å². The van der Waals surface area contributed by atoms with Gasteiger partial charge in [0, 0.05) is 18.3 Å². The van der Waals surface area contributed by atoms with Gasteiger partial charge < -0.3 is 10.1 Å². The van der Waals surface area contributed by atoms with Crippen molar-refractivity contribution in [3.8, 4) is 5.88 Å². The summed E-state index contributed by atoms with van der Waals surface area (Å²) in [4.78, 5) is 8.07. The lowest BCUT2D eigenvalue weighted by Gasteiger charge is -2.04. The Hall–Kier alpha value is -2.16. The van der Waals surface area contributed by atoms with Crippen LogP contribution in [0.1, 0.15) is 5.56 Å². The van der Waals surface area contributed by atoms with Gasteiger partial charge in [-0.2, -0.15) is 14.2 Å². The number of anilines is 1. The van der Waals surface area contributed by atoms with Crippen molar-refractivity contribution in [1.29, 1.82) is 0 Å². The molecule has 0 aliphatic heterocycles. The third-order valence-electron chi connectivity index (χ3n) is 2.25. The fraction of sp³-hybridized carbons (Fsp3) is 0.300. The first-order valence-electron chi connectivity index (χ1n) is 5.33. The van der Waals surface area contributed by atoms with E-state index in [1.165, 1.54) is 25.7 Å². The molecule has 0 radical (unpaired) electrons.